The van der Waals surface area contributed by atoms with Crippen molar-refractivity contribution in [3.05, 3.63) is 0 Å². The molecule has 0 aromatic carbocycles. The number of hydrogen-bond donors (Lipinski definition) is 2. The van der Waals surface area contributed by atoms with Crippen molar-refractivity contribution in [3.8, 4) is 0 Å². The number of rotatable bonds is 4. The van der Waals surface area contributed by atoms with Gasteiger partial charge in [0, 0.05) is 11.3 Å². The molecule has 0 radical (unpaired) electrons. The lowest BCUT2D eigenvalue weighted by atomic mass is 9.84. The zero-order valence-corrected chi connectivity index (χ0v) is 9.12. The van der Waals surface area contributed by atoms with E-state index < -0.39 is 0 Å². The van der Waals surface area contributed by atoms with Crippen LogP contribution in [0.5, 0.6) is 0 Å². The first kappa shape index (κ1) is 10.9. The minimum atomic E-state index is -0.390. The number of amides is 1. The van der Waals surface area contributed by atoms with E-state index in [9.17, 15) is 4.79 Å². The Morgan fingerprint density at radius 2 is 2.31 bits per heavy atom. The van der Waals surface area contributed by atoms with E-state index in [4.69, 9.17) is 5.73 Å². The number of nitrogens with one attached hydrogen (secondary N) is 1. The first-order valence-corrected chi connectivity index (χ1v) is 5.90. The van der Waals surface area contributed by atoms with Gasteiger partial charge in [-0.05, 0) is 26.0 Å². The van der Waals surface area contributed by atoms with Gasteiger partial charge in [-0.2, -0.15) is 11.8 Å². The van der Waals surface area contributed by atoms with Crippen molar-refractivity contribution in [2.75, 3.05) is 12.8 Å². The monoisotopic (exact) mass is 202 g/mol. The van der Waals surface area contributed by atoms with Crippen LogP contribution >= 0.6 is 11.8 Å². The summed E-state index contributed by atoms with van der Waals surface area (Å²) >= 11 is 1.86. The topological polar surface area (TPSA) is 55.1 Å². The van der Waals surface area contributed by atoms with Crippen molar-refractivity contribution in [2.24, 2.45) is 5.73 Å². The molecule has 4 heteroatoms. The summed E-state index contributed by atoms with van der Waals surface area (Å²) in [5.41, 5.74) is 5.45. The average molecular weight is 202 g/mol. The van der Waals surface area contributed by atoms with Gasteiger partial charge in [0.15, 0.2) is 0 Å². The average Bonchev–Trinajstić information content (AvgIpc) is 2.02. The Balaban J connectivity index is 2.28. The fourth-order valence-corrected chi connectivity index (χ4v) is 2.35. The number of nitrogens with two attached hydrogens (primary N) is 1. The molecule has 1 unspecified atom stereocenters. The maximum absolute atomic E-state index is 11.2. The predicted octanol–water partition coefficient (Wildman–Crippen LogP) is 0.735. The first-order chi connectivity index (χ1) is 6.09. The molecule has 1 amide bonds. The highest BCUT2D eigenvalue weighted by atomic mass is 32.2. The Hall–Kier alpha value is -0.220. The van der Waals surface area contributed by atoms with Crippen LogP contribution in [-0.4, -0.2) is 29.5 Å². The van der Waals surface area contributed by atoms with Gasteiger partial charge in [0.05, 0.1) is 6.04 Å². The van der Waals surface area contributed by atoms with Gasteiger partial charge in [0.2, 0.25) is 5.91 Å². The molecular formula is C9H18N2OS. The summed E-state index contributed by atoms with van der Waals surface area (Å²) < 4.78 is 0.310. The maximum atomic E-state index is 11.2. The quantitative estimate of drug-likeness (QED) is 0.707. The molecule has 0 spiro atoms. The van der Waals surface area contributed by atoms with Crippen LogP contribution in [0.3, 0.4) is 0 Å². The van der Waals surface area contributed by atoms with E-state index in [0.717, 1.165) is 6.54 Å². The van der Waals surface area contributed by atoms with Gasteiger partial charge in [0.25, 0.3) is 0 Å². The van der Waals surface area contributed by atoms with E-state index in [2.05, 4.69) is 11.6 Å². The predicted molar refractivity (Wildman–Crippen MR) is 56.8 cm³/mol. The molecule has 1 atom stereocenters. The van der Waals surface area contributed by atoms with Gasteiger partial charge in [-0.15, -0.1) is 0 Å². The Bertz CT molecular complexity index is 185. The molecule has 3 nitrogen and oxygen atoms in total. The summed E-state index contributed by atoms with van der Waals surface area (Å²) in [6.45, 7) is 2.48. The zero-order chi connectivity index (χ0) is 9.90. The second-order valence-corrected chi connectivity index (χ2v) is 5.02. The minimum absolute atomic E-state index is 0.0414. The summed E-state index contributed by atoms with van der Waals surface area (Å²) in [6.07, 6.45) is 5.83. The van der Waals surface area contributed by atoms with E-state index in [1.807, 2.05) is 11.8 Å². The third-order valence-corrected chi connectivity index (χ3v) is 4.11. The second-order valence-electron chi connectivity index (χ2n) is 3.75. The van der Waals surface area contributed by atoms with E-state index in [-0.39, 0.29) is 11.9 Å². The SMILES string of the molecule is CSC1(CNC(=O)C(C)N)CCC1. The van der Waals surface area contributed by atoms with E-state index in [1.54, 1.807) is 6.92 Å². The molecule has 1 fully saturated rings. The van der Waals surface area contributed by atoms with Gasteiger partial charge in [-0.1, -0.05) is 6.42 Å². The molecule has 1 aliphatic carbocycles. The highest BCUT2D eigenvalue weighted by molar-refractivity contribution is 8.00. The summed E-state index contributed by atoms with van der Waals surface area (Å²) in [7, 11) is 0. The van der Waals surface area contributed by atoms with E-state index in [0.29, 0.717) is 4.75 Å². The molecular weight excluding hydrogens is 184 g/mol. The third-order valence-electron chi connectivity index (χ3n) is 2.70. The van der Waals surface area contributed by atoms with Crippen molar-refractivity contribution in [3.63, 3.8) is 0 Å². The molecule has 0 bridgehead atoms. The van der Waals surface area contributed by atoms with Crippen LogP contribution in [0, 0.1) is 0 Å². The van der Waals surface area contributed by atoms with Crippen LogP contribution < -0.4 is 11.1 Å². The first-order valence-electron chi connectivity index (χ1n) is 4.68. The van der Waals surface area contributed by atoms with Gasteiger partial charge >= 0.3 is 0 Å². The Kier molecular flexibility index (Phi) is 3.62. The lowest BCUT2D eigenvalue weighted by Crippen LogP contribution is -2.48. The molecule has 3 N–H and O–H groups in total. The molecule has 1 saturated carbocycles. The fourth-order valence-electron chi connectivity index (χ4n) is 1.43. The van der Waals surface area contributed by atoms with Crippen LogP contribution in [0.2, 0.25) is 0 Å². The Morgan fingerprint density at radius 3 is 2.62 bits per heavy atom. The van der Waals surface area contributed by atoms with Crippen LogP contribution in [-0.2, 0) is 4.79 Å². The summed E-state index contributed by atoms with van der Waals surface area (Å²) in [5, 5.41) is 2.89. The van der Waals surface area contributed by atoms with E-state index in [1.165, 1.54) is 19.3 Å². The van der Waals surface area contributed by atoms with Crippen molar-refractivity contribution >= 4 is 17.7 Å². The molecule has 1 rings (SSSR count). The third kappa shape index (κ3) is 2.61. The largest absolute Gasteiger partial charge is 0.353 e. The zero-order valence-electron chi connectivity index (χ0n) is 8.30. The number of carbonyl (C=O) groups is 1. The number of thioether (sulfide) groups is 1. The molecule has 13 heavy (non-hydrogen) atoms. The maximum Gasteiger partial charge on any atom is 0.236 e. The molecule has 1 aliphatic rings. The lowest BCUT2D eigenvalue weighted by molar-refractivity contribution is -0.122. The lowest BCUT2D eigenvalue weighted by Gasteiger charge is -2.40. The van der Waals surface area contributed by atoms with Crippen LogP contribution in [0.1, 0.15) is 26.2 Å². The van der Waals surface area contributed by atoms with E-state index >= 15 is 0 Å². The highest BCUT2D eigenvalue weighted by Crippen LogP contribution is 2.42. The normalized spacial score (nSPS) is 21.8. The standard InChI is InChI=1S/C9H18N2OS/c1-7(10)8(12)11-6-9(13-2)4-3-5-9/h7H,3-6,10H2,1-2H3,(H,11,12). The molecule has 0 aromatic heterocycles. The minimum Gasteiger partial charge on any atom is -0.353 e. The molecule has 0 aliphatic heterocycles. The fraction of sp³-hybridized carbons (Fsp3) is 0.889. The van der Waals surface area contributed by atoms with Gasteiger partial charge < -0.3 is 11.1 Å². The molecule has 0 aromatic rings. The second kappa shape index (κ2) is 4.33. The summed E-state index contributed by atoms with van der Waals surface area (Å²) in [5.74, 6) is -0.0414. The Labute approximate surface area is 83.8 Å². The smallest absolute Gasteiger partial charge is 0.236 e. The van der Waals surface area contributed by atoms with Crippen LogP contribution in [0.15, 0.2) is 0 Å². The van der Waals surface area contributed by atoms with Gasteiger partial charge in [-0.3, -0.25) is 4.79 Å². The van der Waals surface area contributed by atoms with Crippen molar-refractivity contribution in [1.82, 2.24) is 5.32 Å². The van der Waals surface area contributed by atoms with Crippen LogP contribution in [0.25, 0.3) is 0 Å². The summed E-state index contributed by atoms with van der Waals surface area (Å²) in [6, 6.07) is -0.390. The van der Waals surface area contributed by atoms with Crippen molar-refractivity contribution < 1.29 is 4.79 Å². The van der Waals surface area contributed by atoms with Crippen molar-refractivity contribution in [2.45, 2.75) is 37.0 Å². The van der Waals surface area contributed by atoms with Gasteiger partial charge in [-0.25, -0.2) is 0 Å². The molecule has 0 heterocycles. The Morgan fingerprint density at radius 1 is 1.69 bits per heavy atom. The van der Waals surface area contributed by atoms with Gasteiger partial charge in [0.1, 0.15) is 0 Å². The molecule has 0 saturated heterocycles. The summed E-state index contributed by atoms with van der Waals surface area (Å²) in [4.78, 5) is 11.2. The number of carbonyl (C=O) groups excluding carboxylic acids is 1. The number of hydrogen-bond acceptors (Lipinski definition) is 3. The highest BCUT2D eigenvalue weighted by Gasteiger charge is 2.36. The van der Waals surface area contributed by atoms with Crippen molar-refractivity contribution in [1.29, 1.82) is 0 Å². The molecule has 76 valence electrons. The van der Waals surface area contributed by atoms with Crippen LogP contribution in [0.4, 0.5) is 0 Å².